The fraction of sp³-hybridized carbons (Fsp3) is 0.909. The van der Waals surface area contributed by atoms with Gasteiger partial charge in [0.15, 0.2) is 0 Å². The molecule has 4 nitrogen and oxygen atoms in total. The Morgan fingerprint density at radius 1 is 1.47 bits per heavy atom. The highest BCUT2D eigenvalue weighted by Crippen LogP contribution is 2.51. The van der Waals surface area contributed by atoms with Gasteiger partial charge in [-0.25, -0.2) is 0 Å². The van der Waals surface area contributed by atoms with Crippen LogP contribution in [0.1, 0.15) is 27.2 Å². The number of nitrogens with one attached hydrogen (secondary N) is 2. The standard InChI is InChI=1S/C11H22N2O2/c1-10(2)8(6-11(10,3)15-5)13-7-9(14)12-4/h8,13H,6-7H2,1-5H3,(H,12,14). The average Bonchev–Trinajstić information content (AvgIpc) is 2.22. The van der Waals surface area contributed by atoms with Crippen molar-refractivity contribution in [3.05, 3.63) is 0 Å². The van der Waals surface area contributed by atoms with Crippen LogP contribution in [0.15, 0.2) is 0 Å². The molecule has 4 heteroatoms. The highest BCUT2D eigenvalue weighted by atomic mass is 16.5. The van der Waals surface area contributed by atoms with Crippen molar-refractivity contribution in [3.63, 3.8) is 0 Å². The molecule has 0 bridgehead atoms. The summed E-state index contributed by atoms with van der Waals surface area (Å²) in [6, 6.07) is 0.347. The number of amides is 1. The van der Waals surface area contributed by atoms with Gasteiger partial charge in [0.25, 0.3) is 0 Å². The van der Waals surface area contributed by atoms with Crippen LogP contribution in [0.2, 0.25) is 0 Å². The van der Waals surface area contributed by atoms with Gasteiger partial charge in [0.2, 0.25) is 5.91 Å². The fourth-order valence-electron chi connectivity index (χ4n) is 2.12. The van der Waals surface area contributed by atoms with Crippen LogP contribution < -0.4 is 10.6 Å². The molecular weight excluding hydrogens is 192 g/mol. The molecule has 0 heterocycles. The van der Waals surface area contributed by atoms with E-state index in [1.54, 1.807) is 14.2 Å². The van der Waals surface area contributed by atoms with E-state index < -0.39 is 0 Å². The third kappa shape index (κ3) is 2.01. The molecular formula is C11H22N2O2. The number of carbonyl (C=O) groups excluding carboxylic acids is 1. The summed E-state index contributed by atoms with van der Waals surface area (Å²) in [6.07, 6.45) is 0.952. The van der Waals surface area contributed by atoms with E-state index in [4.69, 9.17) is 4.74 Å². The summed E-state index contributed by atoms with van der Waals surface area (Å²) >= 11 is 0. The van der Waals surface area contributed by atoms with Crippen LogP contribution in [0.4, 0.5) is 0 Å². The maximum Gasteiger partial charge on any atom is 0.233 e. The first-order valence-corrected chi connectivity index (χ1v) is 5.36. The first kappa shape index (κ1) is 12.5. The zero-order valence-corrected chi connectivity index (χ0v) is 10.3. The van der Waals surface area contributed by atoms with Crippen LogP contribution in [0, 0.1) is 5.41 Å². The Hall–Kier alpha value is -0.610. The maximum atomic E-state index is 11.1. The van der Waals surface area contributed by atoms with Gasteiger partial charge < -0.3 is 15.4 Å². The molecule has 2 unspecified atom stereocenters. The van der Waals surface area contributed by atoms with E-state index in [0.717, 1.165) is 6.42 Å². The summed E-state index contributed by atoms with van der Waals surface area (Å²) in [5, 5.41) is 5.86. The molecule has 0 radical (unpaired) electrons. The number of hydrogen-bond donors (Lipinski definition) is 2. The number of carbonyl (C=O) groups is 1. The molecule has 1 aliphatic rings. The predicted molar refractivity (Wildman–Crippen MR) is 59.7 cm³/mol. The fourth-order valence-corrected chi connectivity index (χ4v) is 2.12. The Labute approximate surface area is 91.8 Å². The summed E-state index contributed by atoms with van der Waals surface area (Å²) in [6.45, 7) is 6.83. The molecule has 0 spiro atoms. The first-order valence-electron chi connectivity index (χ1n) is 5.36. The number of ether oxygens (including phenoxy) is 1. The lowest BCUT2D eigenvalue weighted by Gasteiger charge is -2.59. The smallest absolute Gasteiger partial charge is 0.233 e. The molecule has 1 aliphatic carbocycles. The average molecular weight is 214 g/mol. The van der Waals surface area contributed by atoms with Gasteiger partial charge in [0.05, 0.1) is 12.1 Å². The second kappa shape index (κ2) is 4.10. The largest absolute Gasteiger partial charge is 0.378 e. The second-order valence-corrected chi connectivity index (χ2v) is 4.97. The number of likely N-dealkylation sites (N-methyl/N-ethyl adjacent to an activating group) is 1. The Morgan fingerprint density at radius 2 is 2.07 bits per heavy atom. The van der Waals surface area contributed by atoms with E-state index in [9.17, 15) is 4.79 Å². The van der Waals surface area contributed by atoms with Crippen molar-refractivity contribution in [1.82, 2.24) is 10.6 Å². The van der Waals surface area contributed by atoms with Crippen LogP contribution in [0.5, 0.6) is 0 Å². The zero-order valence-electron chi connectivity index (χ0n) is 10.3. The van der Waals surface area contributed by atoms with E-state index in [-0.39, 0.29) is 16.9 Å². The minimum atomic E-state index is -0.0760. The van der Waals surface area contributed by atoms with Crippen LogP contribution >= 0.6 is 0 Å². The monoisotopic (exact) mass is 214 g/mol. The summed E-state index contributed by atoms with van der Waals surface area (Å²) in [5.41, 5.74) is -0.0108. The minimum Gasteiger partial charge on any atom is -0.378 e. The predicted octanol–water partition coefficient (Wildman–Crippen LogP) is 0.526. The normalized spacial score (nSPS) is 33.3. The van der Waals surface area contributed by atoms with Crippen molar-refractivity contribution in [2.45, 2.75) is 38.8 Å². The third-order valence-electron chi connectivity index (χ3n) is 4.07. The molecule has 0 aromatic rings. The van der Waals surface area contributed by atoms with Gasteiger partial charge in [-0.1, -0.05) is 13.8 Å². The van der Waals surface area contributed by atoms with Gasteiger partial charge in [-0.3, -0.25) is 4.79 Å². The number of methoxy groups -OCH3 is 1. The molecule has 1 rings (SSSR count). The first-order chi connectivity index (χ1) is 6.87. The Bertz CT molecular complexity index is 253. The van der Waals surface area contributed by atoms with Gasteiger partial charge in [-0.2, -0.15) is 0 Å². The second-order valence-electron chi connectivity index (χ2n) is 4.97. The molecule has 0 aliphatic heterocycles. The van der Waals surface area contributed by atoms with Gasteiger partial charge in [0, 0.05) is 25.6 Å². The molecule has 1 amide bonds. The molecule has 1 fully saturated rings. The van der Waals surface area contributed by atoms with Gasteiger partial charge in [-0.15, -0.1) is 0 Å². The molecule has 0 saturated heterocycles. The van der Waals surface area contributed by atoms with Gasteiger partial charge in [0.1, 0.15) is 0 Å². The zero-order chi connectivity index (χ0) is 11.7. The van der Waals surface area contributed by atoms with Gasteiger partial charge >= 0.3 is 0 Å². The highest BCUT2D eigenvalue weighted by Gasteiger charge is 2.57. The molecule has 1 saturated carbocycles. The van der Waals surface area contributed by atoms with E-state index >= 15 is 0 Å². The molecule has 2 N–H and O–H groups in total. The van der Waals surface area contributed by atoms with Gasteiger partial charge in [-0.05, 0) is 13.3 Å². The van der Waals surface area contributed by atoms with E-state index in [1.165, 1.54) is 0 Å². The SMILES string of the molecule is CNC(=O)CNC1CC(C)(OC)C1(C)C. The molecule has 2 atom stereocenters. The topological polar surface area (TPSA) is 50.4 Å². The lowest BCUT2D eigenvalue weighted by Crippen LogP contribution is -2.68. The third-order valence-corrected chi connectivity index (χ3v) is 4.07. The Kier molecular flexibility index (Phi) is 3.41. The number of hydrogen-bond acceptors (Lipinski definition) is 3. The van der Waals surface area contributed by atoms with Crippen molar-refractivity contribution in [2.75, 3.05) is 20.7 Å². The van der Waals surface area contributed by atoms with E-state index in [2.05, 4.69) is 31.4 Å². The quantitative estimate of drug-likeness (QED) is 0.717. The Balaban J connectivity index is 2.46. The van der Waals surface area contributed by atoms with Crippen molar-refractivity contribution < 1.29 is 9.53 Å². The molecule has 0 aromatic heterocycles. The highest BCUT2D eigenvalue weighted by molar-refractivity contribution is 5.77. The molecule has 0 aromatic carbocycles. The van der Waals surface area contributed by atoms with Crippen molar-refractivity contribution in [3.8, 4) is 0 Å². The summed E-state index contributed by atoms with van der Waals surface area (Å²) in [5.74, 6) is 0.0248. The lowest BCUT2D eigenvalue weighted by molar-refractivity contribution is -0.180. The summed E-state index contributed by atoms with van der Waals surface area (Å²) < 4.78 is 5.51. The van der Waals surface area contributed by atoms with Crippen LogP contribution in [0.3, 0.4) is 0 Å². The van der Waals surface area contributed by atoms with E-state index in [1.807, 2.05) is 0 Å². The van der Waals surface area contributed by atoms with Crippen molar-refractivity contribution in [2.24, 2.45) is 5.41 Å². The van der Waals surface area contributed by atoms with Crippen LogP contribution in [-0.4, -0.2) is 38.3 Å². The van der Waals surface area contributed by atoms with Crippen molar-refractivity contribution in [1.29, 1.82) is 0 Å². The minimum absolute atomic E-state index is 0.0248. The number of rotatable bonds is 4. The molecule has 15 heavy (non-hydrogen) atoms. The maximum absolute atomic E-state index is 11.1. The molecule has 88 valence electrons. The summed E-state index contributed by atoms with van der Waals surface area (Å²) in [7, 11) is 3.39. The van der Waals surface area contributed by atoms with Crippen molar-refractivity contribution >= 4 is 5.91 Å². The summed E-state index contributed by atoms with van der Waals surface area (Å²) in [4.78, 5) is 11.1. The van der Waals surface area contributed by atoms with Crippen LogP contribution in [0.25, 0.3) is 0 Å². The van der Waals surface area contributed by atoms with E-state index in [0.29, 0.717) is 12.6 Å². The van der Waals surface area contributed by atoms with Crippen LogP contribution in [-0.2, 0) is 9.53 Å². The lowest BCUT2D eigenvalue weighted by atomic mass is 9.56. The Morgan fingerprint density at radius 3 is 2.47 bits per heavy atom.